The van der Waals surface area contributed by atoms with Gasteiger partial charge in [0.25, 0.3) is 0 Å². The van der Waals surface area contributed by atoms with Gasteiger partial charge < -0.3 is 14.1 Å². The SMILES string of the molecule is O=C(CCN1CCN(C(=O)C2COc3ccc(Cl)cc3C2)CC1)c1ccc2[nH]c(=O)oc2c1. The Bertz CT molecular complexity index is 1260. The molecule has 9 heteroatoms. The summed E-state index contributed by atoms with van der Waals surface area (Å²) in [5.74, 6) is 0.173. The summed E-state index contributed by atoms with van der Waals surface area (Å²) in [5.41, 5.74) is 2.46. The van der Waals surface area contributed by atoms with Gasteiger partial charge in [-0.15, -0.1) is 0 Å². The summed E-state index contributed by atoms with van der Waals surface area (Å²) < 4.78 is 10.8. The van der Waals surface area contributed by atoms with Crippen LogP contribution in [0.15, 0.2) is 45.6 Å². The third kappa shape index (κ3) is 4.67. The number of hydrogen-bond donors (Lipinski definition) is 1. The maximum absolute atomic E-state index is 13.0. The molecule has 1 saturated heterocycles. The number of rotatable bonds is 5. The van der Waals surface area contributed by atoms with Crippen LogP contribution in [-0.2, 0) is 11.2 Å². The fourth-order valence-corrected chi connectivity index (χ4v) is 4.69. The van der Waals surface area contributed by atoms with Gasteiger partial charge in [-0.1, -0.05) is 11.6 Å². The third-order valence-electron chi connectivity index (χ3n) is 6.36. The van der Waals surface area contributed by atoms with Crippen LogP contribution >= 0.6 is 11.6 Å². The highest BCUT2D eigenvalue weighted by Crippen LogP contribution is 2.30. The van der Waals surface area contributed by atoms with Crippen molar-refractivity contribution in [3.63, 3.8) is 0 Å². The fraction of sp³-hybridized carbons (Fsp3) is 0.375. The predicted octanol–water partition coefficient (Wildman–Crippen LogP) is 2.74. The molecule has 3 aromatic rings. The topological polar surface area (TPSA) is 95.9 Å². The number of H-pyrrole nitrogens is 1. The summed E-state index contributed by atoms with van der Waals surface area (Å²) in [6.07, 6.45) is 0.997. The van der Waals surface area contributed by atoms with E-state index < -0.39 is 5.76 Å². The maximum Gasteiger partial charge on any atom is 0.417 e. The van der Waals surface area contributed by atoms with E-state index in [2.05, 4.69) is 9.88 Å². The molecular formula is C24H24ClN3O5. The van der Waals surface area contributed by atoms with Crippen molar-refractivity contribution in [1.82, 2.24) is 14.8 Å². The lowest BCUT2D eigenvalue weighted by atomic mass is 9.95. The molecule has 0 bridgehead atoms. The highest BCUT2D eigenvalue weighted by Gasteiger charge is 2.31. The number of benzene rings is 2. The van der Waals surface area contributed by atoms with Gasteiger partial charge in [0.2, 0.25) is 5.91 Å². The van der Waals surface area contributed by atoms with Gasteiger partial charge in [-0.25, -0.2) is 4.79 Å². The van der Waals surface area contributed by atoms with E-state index in [9.17, 15) is 14.4 Å². The van der Waals surface area contributed by atoms with Crippen molar-refractivity contribution < 1.29 is 18.7 Å². The standard InChI is InChI=1S/C24H24ClN3O5/c25-18-2-4-21-16(12-18)11-17(14-32-21)23(30)28-9-7-27(8-10-28)6-5-20(29)15-1-3-19-22(13-15)33-24(31)26-19/h1-4,12-13,17H,5-11,14H2,(H,26,31). The first-order valence-corrected chi connectivity index (χ1v) is 11.4. The van der Waals surface area contributed by atoms with Crippen LogP contribution in [0.25, 0.3) is 11.1 Å². The van der Waals surface area contributed by atoms with E-state index in [-0.39, 0.29) is 17.6 Å². The molecule has 33 heavy (non-hydrogen) atoms. The summed E-state index contributed by atoms with van der Waals surface area (Å²) in [4.78, 5) is 43.6. The fourth-order valence-electron chi connectivity index (χ4n) is 4.49. The molecule has 0 aliphatic carbocycles. The number of hydrogen-bond acceptors (Lipinski definition) is 6. The summed E-state index contributed by atoms with van der Waals surface area (Å²) in [6, 6.07) is 10.5. The van der Waals surface area contributed by atoms with E-state index in [1.54, 1.807) is 24.3 Å². The van der Waals surface area contributed by atoms with Crippen molar-refractivity contribution in [1.29, 1.82) is 0 Å². The number of carbonyl (C=O) groups is 2. The van der Waals surface area contributed by atoms with Gasteiger partial charge in [-0.05, 0) is 48.4 Å². The molecule has 1 atom stereocenters. The first kappa shape index (κ1) is 21.7. The molecule has 0 radical (unpaired) electrons. The minimum Gasteiger partial charge on any atom is -0.492 e. The van der Waals surface area contributed by atoms with Crippen LogP contribution in [0.2, 0.25) is 5.02 Å². The number of aromatic amines is 1. The second-order valence-electron chi connectivity index (χ2n) is 8.53. The zero-order valence-electron chi connectivity index (χ0n) is 18.0. The van der Waals surface area contributed by atoms with Crippen LogP contribution in [0.1, 0.15) is 22.3 Å². The molecule has 5 rings (SSSR count). The second-order valence-corrected chi connectivity index (χ2v) is 8.97. The molecule has 1 unspecified atom stereocenters. The van der Waals surface area contributed by atoms with E-state index in [0.29, 0.717) is 60.8 Å². The average Bonchev–Trinajstić information content (AvgIpc) is 3.21. The van der Waals surface area contributed by atoms with Crippen molar-refractivity contribution in [2.24, 2.45) is 5.92 Å². The van der Waals surface area contributed by atoms with Crippen molar-refractivity contribution >= 4 is 34.4 Å². The van der Waals surface area contributed by atoms with E-state index in [1.165, 1.54) is 0 Å². The average molecular weight is 470 g/mol. The Balaban J connectivity index is 1.11. The number of piperazine rings is 1. The Hall–Kier alpha value is -3.10. The van der Waals surface area contributed by atoms with Crippen LogP contribution in [0.5, 0.6) is 5.75 Å². The van der Waals surface area contributed by atoms with Crippen molar-refractivity contribution in [3.8, 4) is 5.75 Å². The number of oxazole rings is 1. The Morgan fingerprint density at radius 3 is 2.73 bits per heavy atom. The first-order valence-electron chi connectivity index (χ1n) is 11.0. The number of nitrogens with zero attached hydrogens (tertiary/aromatic N) is 2. The number of fused-ring (bicyclic) bond motifs is 2. The van der Waals surface area contributed by atoms with Crippen molar-refractivity contribution in [2.75, 3.05) is 39.3 Å². The maximum atomic E-state index is 13.0. The molecule has 2 aliphatic heterocycles. The van der Waals surface area contributed by atoms with Gasteiger partial charge in [0.1, 0.15) is 12.4 Å². The molecule has 1 amide bonds. The Morgan fingerprint density at radius 1 is 1.09 bits per heavy atom. The quantitative estimate of drug-likeness (QED) is 0.577. The molecule has 8 nitrogen and oxygen atoms in total. The summed E-state index contributed by atoms with van der Waals surface area (Å²) in [5, 5.41) is 0.645. The Kier molecular flexibility index (Phi) is 5.95. The van der Waals surface area contributed by atoms with E-state index in [4.69, 9.17) is 20.8 Å². The zero-order valence-corrected chi connectivity index (χ0v) is 18.8. The molecule has 3 heterocycles. The van der Waals surface area contributed by atoms with Crippen molar-refractivity contribution in [3.05, 3.63) is 63.1 Å². The van der Waals surface area contributed by atoms with Crippen LogP contribution in [0.3, 0.4) is 0 Å². The number of amides is 1. The van der Waals surface area contributed by atoms with Gasteiger partial charge in [0, 0.05) is 49.7 Å². The number of ketones is 1. The van der Waals surface area contributed by atoms with Gasteiger partial charge in [0.05, 0.1) is 11.4 Å². The summed E-state index contributed by atoms with van der Waals surface area (Å²) in [6.45, 7) is 3.71. The highest BCUT2D eigenvalue weighted by molar-refractivity contribution is 6.30. The van der Waals surface area contributed by atoms with E-state index in [0.717, 1.165) is 24.4 Å². The Morgan fingerprint density at radius 2 is 1.91 bits per heavy atom. The van der Waals surface area contributed by atoms with Crippen molar-refractivity contribution in [2.45, 2.75) is 12.8 Å². The van der Waals surface area contributed by atoms with Gasteiger partial charge >= 0.3 is 5.76 Å². The van der Waals surface area contributed by atoms with E-state index in [1.807, 2.05) is 17.0 Å². The molecule has 2 aromatic carbocycles. The zero-order chi connectivity index (χ0) is 22.9. The third-order valence-corrected chi connectivity index (χ3v) is 6.60. The molecule has 2 aliphatic rings. The minimum absolute atomic E-state index is 0.00376. The molecule has 172 valence electrons. The number of carbonyl (C=O) groups excluding carboxylic acids is 2. The molecular weight excluding hydrogens is 446 g/mol. The molecule has 1 aromatic heterocycles. The Labute approximate surface area is 195 Å². The van der Waals surface area contributed by atoms with Crippen LogP contribution in [-0.4, -0.2) is 65.8 Å². The number of Topliss-reactive ketones (excluding diaryl/α,β-unsaturated/α-hetero) is 1. The van der Waals surface area contributed by atoms with Gasteiger partial charge in [-0.3, -0.25) is 19.5 Å². The smallest absolute Gasteiger partial charge is 0.417 e. The molecule has 0 saturated carbocycles. The normalized spacial score (nSPS) is 18.7. The first-order chi connectivity index (χ1) is 16.0. The largest absolute Gasteiger partial charge is 0.492 e. The lowest BCUT2D eigenvalue weighted by molar-refractivity contribution is -0.138. The minimum atomic E-state index is -0.533. The number of aromatic nitrogens is 1. The lowest BCUT2D eigenvalue weighted by Crippen LogP contribution is -2.51. The van der Waals surface area contributed by atoms with Crippen LogP contribution < -0.4 is 10.5 Å². The monoisotopic (exact) mass is 469 g/mol. The number of nitrogens with one attached hydrogen (secondary N) is 1. The van der Waals surface area contributed by atoms with E-state index >= 15 is 0 Å². The number of ether oxygens (including phenoxy) is 1. The lowest BCUT2D eigenvalue weighted by Gasteiger charge is -2.37. The second kappa shape index (κ2) is 9.03. The molecule has 1 fully saturated rings. The summed E-state index contributed by atoms with van der Waals surface area (Å²) >= 11 is 6.09. The predicted molar refractivity (Wildman–Crippen MR) is 123 cm³/mol. The van der Waals surface area contributed by atoms with Crippen LogP contribution in [0, 0.1) is 5.92 Å². The molecule has 1 N–H and O–H groups in total. The highest BCUT2D eigenvalue weighted by atomic mass is 35.5. The van der Waals surface area contributed by atoms with Gasteiger partial charge in [-0.2, -0.15) is 0 Å². The number of halogens is 1. The van der Waals surface area contributed by atoms with Gasteiger partial charge in [0.15, 0.2) is 11.4 Å². The summed E-state index contributed by atoms with van der Waals surface area (Å²) in [7, 11) is 0. The van der Waals surface area contributed by atoms with Crippen LogP contribution in [0.4, 0.5) is 0 Å². The molecule has 0 spiro atoms.